The number of aliphatic hydroxyl groups is 1. The van der Waals surface area contributed by atoms with E-state index in [2.05, 4.69) is 19.7 Å². The van der Waals surface area contributed by atoms with E-state index in [0.717, 1.165) is 0 Å². The van der Waals surface area contributed by atoms with Crippen LogP contribution in [0, 0.1) is 0 Å². The number of rotatable bonds is 3. The summed E-state index contributed by atoms with van der Waals surface area (Å²) in [7, 11) is 0. The zero-order valence-corrected chi connectivity index (χ0v) is 7.34. The van der Waals surface area contributed by atoms with Gasteiger partial charge in [0.25, 0.3) is 0 Å². The van der Waals surface area contributed by atoms with Gasteiger partial charge in [-0.25, -0.2) is 4.79 Å². The molecule has 0 bridgehead atoms. The largest absolute Gasteiger partial charge is 0.447 e. The van der Waals surface area contributed by atoms with Gasteiger partial charge in [0.1, 0.15) is 24.7 Å². The molecule has 1 aliphatic rings. The molecule has 1 saturated heterocycles. The van der Waals surface area contributed by atoms with Gasteiger partial charge in [0.05, 0.1) is 6.04 Å². The van der Waals surface area contributed by atoms with Crippen LogP contribution in [0.1, 0.15) is 18.2 Å². The second-order valence-corrected chi connectivity index (χ2v) is 3.12. The molecule has 0 spiro atoms. The Balaban J connectivity index is 1.89. The Morgan fingerprint density at radius 3 is 3.21 bits per heavy atom. The first-order valence-corrected chi connectivity index (χ1v) is 4.27. The number of aliphatic hydroxyl groups excluding tert-OH is 1. The summed E-state index contributed by atoms with van der Waals surface area (Å²) in [6.45, 7) is 0.285. The van der Waals surface area contributed by atoms with E-state index in [-0.39, 0.29) is 12.6 Å². The number of ether oxygens (including phenoxy) is 1. The maximum Gasteiger partial charge on any atom is 0.407 e. The van der Waals surface area contributed by atoms with Gasteiger partial charge in [0, 0.05) is 12.5 Å². The summed E-state index contributed by atoms with van der Waals surface area (Å²) in [4.78, 5) is 10.7. The lowest BCUT2D eigenvalue weighted by atomic mass is 10.1. The number of carbonyl (C=O) groups excluding carboxylic acids is 1. The van der Waals surface area contributed by atoms with Crippen LogP contribution in [0.15, 0.2) is 16.9 Å². The molecule has 2 rings (SSSR count). The Kier molecular flexibility index (Phi) is 2.36. The number of hydrogen-bond acceptors (Lipinski definition) is 5. The normalized spacial score (nSPS) is 22.9. The summed E-state index contributed by atoms with van der Waals surface area (Å²) < 4.78 is 9.27. The molecule has 76 valence electrons. The first-order chi connectivity index (χ1) is 6.75. The quantitative estimate of drug-likeness (QED) is 0.725. The smallest absolute Gasteiger partial charge is 0.407 e. The lowest BCUT2D eigenvalue weighted by Crippen LogP contribution is -2.28. The molecule has 2 atom stereocenters. The molecule has 6 heteroatoms. The minimum absolute atomic E-state index is 0.158. The van der Waals surface area contributed by atoms with Gasteiger partial charge < -0.3 is 19.7 Å². The van der Waals surface area contributed by atoms with Crippen LogP contribution >= 0.6 is 0 Å². The average Bonchev–Trinajstić information content (AvgIpc) is 2.75. The van der Waals surface area contributed by atoms with Crippen LogP contribution in [0.4, 0.5) is 4.79 Å². The second kappa shape index (κ2) is 3.67. The molecule has 14 heavy (non-hydrogen) atoms. The molecule has 1 unspecified atom stereocenters. The fourth-order valence-corrected chi connectivity index (χ4v) is 1.34. The third kappa shape index (κ3) is 1.85. The van der Waals surface area contributed by atoms with Crippen molar-refractivity contribution in [2.24, 2.45) is 0 Å². The molecule has 6 nitrogen and oxygen atoms in total. The molecule has 1 fully saturated rings. The highest BCUT2D eigenvalue weighted by Crippen LogP contribution is 2.17. The highest BCUT2D eigenvalue weighted by atomic mass is 16.6. The van der Waals surface area contributed by atoms with E-state index in [4.69, 9.17) is 0 Å². The van der Waals surface area contributed by atoms with Gasteiger partial charge in [0.15, 0.2) is 0 Å². The summed E-state index contributed by atoms with van der Waals surface area (Å²) in [6, 6.07) is 1.43. The van der Waals surface area contributed by atoms with Gasteiger partial charge in [0.2, 0.25) is 0 Å². The Hall–Kier alpha value is -1.56. The number of cyclic esters (lactones) is 1. The van der Waals surface area contributed by atoms with Gasteiger partial charge >= 0.3 is 6.09 Å². The van der Waals surface area contributed by atoms with Crippen molar-refractivity contribution in [2.45, 2.75) is 18.6 Å². The van der Waals surface area contributed by atoms with Crippen LogP contribution in [-0.4, -0.2) is 29.0 Å². The van der Waals surface area contributed by atoms with Gasteiger partial charge in [-0.05, 0) is 0 Å². The molecule has 1 amide bonds. The van der Waals surface area contributed by atoms with Gasteiger partial charge in [-0.2, -0.15) is 0 Å². The zero-order chi connectivity index (χ0) is 9.97. The minimum atomic E-state index is -0.735. The highest BCUT2D eigenvalue weighted by Gasteiger charge is 2.25. The number of nitrogens with one attached hydrogen (secondary N) is 1. The third-order valence-electron chi connectivity index (χ3n) is 2.04. The Morgan fingerprint density at radius 1 is 1.79 bits per heavy atom. The number of carbonyl (C=O) groups is 1. The van der Waals surface area contributed by atoms with Crippen LogP contribution in [0.2, 0.25) is 0 Å². The van der Waals surface area contributed by atoms with Crippen molar-refractivity contribution < 1.29 is 19.2 Å². The first-order valence-electron chi connectivity index (χ1n) is 4.27. The third-order valence-corrected chi connectivity index (χ3v) is 2.04. The van der Waals surface area contributed by atoms with Crippen LogP contribution in [0.3, 0.4) is 0 Å². The van der Waals surface area contributed by atoms with Gasteiger partial charge in [-0.15, -0.1) is 0 Å². The predicted octanol–water partition coefficient (Wildman–Crippen LogP) is 0.206. The predicted molar refractivity (Wildman–Crippen MR) is 44.4 cm³/mol. The van der Waals surface area contributed by atoms with E-state index >= 15 is 0 Å². The van der Waals surface area contributed by atoms with Crippen molar-refractivity contribution in [3.05, 3.63) is 18.0 Å². The molecule has 0 aliphatic carbocycles. The summed E-state index contributed by atoms with van der Waals surface area (Å²) in [6.07, 6.45) is 0.587. The van der Waals surface area contributed by atoms with Crippen molar-refractivity contribution in [3.8, 4) is 0 Å². The van der Waals surface area contributed by atoms with E-state index in [9.17, 15) is 9.90 Å². The Bertz CT molecular complexity index is 311. The van der Waals surface area contributed by atoms with Gasteiger partial charge in [-0.1, -0.05) is 5.16 Å². The van der Waals surface area contributed by atoms with Crippen molar-refractivity contribution in [3.63, 3.8) is 0 Å². The topological polar surface area (TPSA) is 84.6 Å². The molecule has 2 N–H and O–H groups in total. The maximum atomic E-state index is 10.7. The van der Waals surface area contributed by atoms with E-state index in [0.29, 0.717) is 12.1 Å². The molecule has 1 aromatic heterocycles. The monoisotopic (exact) mass is 198 g/mol. The van der Waals surface area contributed by atoms with Crippen molar-refractivity contribution in [2.75, 3.05) is 6.61 Å². The summed E-state index contributed by atoms with van der Waals surface area (Å²) in [5.74, 6) is 0. The number of amides is 1. The molecule has 1 aromatic rings. The molecule has 0 aromatic carbocycles. The van der Waals surface area contributed by atoms with Crippen LogP contribution in [-0.2, 0) is 4.74 Å². The fraction of sp³-hybridized carbons (Fsp3) is 0.500. The molecule has 2 heterocycles. The summed E-state index contributed by atoms with van der Waals surface area (Å²) in [5.41, 5.74) is 0.464. The summed E-state index contributed by atoms with van der Waals surface area (Å²) in [5, 5.41) is 15.8. The number of alkyl carbamates (subject to hydrolysis) is 1. The molecular formula is C8H10N2O4. The molecule has 0 radical (unpaired) electrons. The van der Waals surface area contributed by atoms with Crippen LogP contribution < -0.4 is 5.32 Å². The SMILES string of the molecule is O=C1N[C@@H](CC(O)c2ccon2)CO1. The molecular weight excluding hydrogens is 188 g/mol. The zero-order valence-electron chi connectivity index (χ0n) is 7.34. The number of hydrogen-bond donors (Lipinski definition) is 2. The first kappa shape index (κ1) is 9.01. The second-order valence-electron chi connectivity index (χ2n) is 3.12. The summed E-state index contributed by atoms with van der Waals surface area (Å²) >= 11 is 0. The lowest BCUT2D eigenvalue weighted by molar-refractivity contribution is 0.139. The van der Waals surface area contributed by atoms with Crippen molar-refractivity contribution >= 4 is 6.09 Å². The maximum absolute atomic E-state index is 10.7. The van der Waals surface area contributed by atoms with E-state index < -0.39 is 12.2 Å². The molecule has 0 saturated carbocycles. The van der Waals surface area contributed by atoms with E-state index in [1.165, 1.54) is 6.26 Å². The lowest BCUT2D eigenvalue weighted by Gasteiger charge is -2.10. The molecule has 1 aliphatic heterocycles. The van der Waals surface area contributed by atoms with E-state index in [1.54, 1.807) is 6.07 Å². The van der Waals surface area contributed by atoms with Crippen LogP contribution in [0.25, 0.3) is 0 Å². The fourth-order valence-electron chi connectivity index (χ4n) is 1.34. The van der Waals surface area contributed by atoms with Crippen molar-refractivity contribution in [1.29, 1.82) is 0 Å². The Labute approximate surface area is 79.8 Å². The van der Waals surface area contributed by atoms with E-state index in [1.807, 2.05) is 0 Å². The number of aromatic nitrogens is 1. The van der Waals surface area contributed by atoms with Crippen LogP contribution in [0.5, 0.6) is 0 Å². The van der Waals surface area contributed by atoms with Crippen molar-refractivity contribution in [1.82, 2.24) is 10.5 Å². The average molecular weight is 198 g/mol. The highest BCUT2D eigenvalue weighted by molar-refractivity contribution is 5.69. The Morgan fingerprint density at radius 2 is 2.64 bits per heavy atom. The van der Waals surface area contributed by atoms with Gasteiger partial charge in [-0.3, -0.25) is 0 Å². The minimum Gasteiger partial charge on any atom is -0.447 e. The standard InChI is InChI=1S/C8H10N2O4/c11-7(6-1-2-14-10-6)3-5-4-13-8(12)9-5/h1-2,5,7,11H,3-4H2,(H,9,12)/t5-,7?/m0/s1. The number of nitrogens with zero attached hydrogens (tertiary/aromatic N) is 1.